The first-order valence-corrected chi connectivity index (χ1v) is 7.63. The van der Waals surface area contributed by atoms with Crippen molar-refractivity contribution in [2.24, 2.45) is 0 Å². The van der Waals surface area contributed by atoms with Gasteiger partial charge in [0.25, 0.3) is 0 Å². The van der Waals surface area contributed by atoms with Gasteiger partial charge in [0, 0.05) is 4.90 Å². The lowest BCUT2D eigenvalue weighted by atomic mass is 10.3. The van der Waals surface area contributed by atoms with Crippen LogP contribution < -0.4 is 11.1 Å². The average molecular weight is 345 g/mol. The minimum absolute atomic E-state index is 0.0783. The molecule has 110 valence electrons. The standard InChI is InChI=1S/C14H11Cl2FN2OS/c15-9-2-1-3-12(14(9)16)19-13(20)7-21-8-4-5-11(18)10(17)6-8/h1-6H,7,18H2,(H,19,20). The molecule has 0 saturated heterocycles. The van der Waals surface area contributed by atoms with E-state index in [9.17, 15) is 9.18 Å². The molecule has 2 rings (SSSR count). The molecule has 3 N–H and O–H groups in total. The van der Waals surface area contributed by atoms with Crippen LogP contribution in [-0.2, 0) is 4.79 Å². The third kappa shape index (κ3) is 4.27. The van der Waals surface area contributed by atoms with Gasteiger partial charge in [0.2, 0.25) is 5.91 Å². The number of halogens is 3. The van der Waals surface area contributed by atoms with Gasteiger partial charge in [-0.1, -0.05) is 29.3 Å². The summed E-state index contributed by atoms with van der Waals surface area (Å²) in [5.41, 5.74) is 5.91. The zero-order valence-corrected chi connectivity index (χ0v) is 13.0. The molecule has 0 unspecified atom stereocenters. The number of nitrogen functional groups attached to an aromatic ring is 1. The topological polar surface area (TPSA) is 55.1 Å². The van der Waals surface area contributed by atoms with E-state index in [4.69, 9.17) is 28.9 Å². The number of benzene rings is 2. The van der Waals surface area contributed by atoms with Gasteiger partial charge in [0.05, 0.1) is 27.2 Å². The van der Waals surface area contributed by atoms with Crippen molar-refractivity contribution < 1.29 is 9.18 Å². The fraction of sp³-hybridized carbons (Fsp3) is 0.0714. The van der Waals surface area contributed by atoms with Crippen LogP contribution in [0.5, 0.6) is 0 Å². The van der Waals surface area contributed by atoms with Crippen LogP contribution in [0.1, 0.15) is 0 Å². The summed E-state index contributed by atoms with van der Waals surface area (Å²) in [6.45, 7) is 0. The van der Waals surface area contributed by atoms with Gasteiger partial charge in [-0.05, 0) is 30.3 Å². The highest BCUT2D eigenvalue weighted by atomic mass is 35.5. The molecule has 1 amide bonds. The molecule has 0 aliphatic carbocycles. The monoisotopic (exact) mass is 344 g/mol. The van der Waals surface area contributed by atoms with Crippen molar-refractivity contribution in [2.45, 2.75) is 4.90 Å². The van der Waals surface area contributed by atoms with Gasteiger partial charge in [-0.15, -0.1) is 11.8 Å². The van der Waals surface area contributed by atoms with Crippen LogP contribution in [0.4, 0.5) is 15.8 Å². The van der Waals surface area contributed by atoms with Crippen LogP contribution >= 0.6 is 35.0 Å². The Labute approximate surface area is 135 Å². The van der Waals surface area contributed by atoms with E-state index in [0.717, 1.165) is 0 Å². The van der Waals surface area contributed by atoms with Gasteiger partial charge < -0.3 is 11.1 Å². The average Bonchev–Trinajstić information content (AvgIpc) is 2.45. The second-order valence-corrected chi connectivity index (χ2v) is 5.96. The van der Waals surface area contributed by atoms with E-state index < -0.39 is 5.82 Å². The Balaban J connectivity index is 1.96. The van der Waals surface area contributed by atoms with E-state index in [0.29, 0.717) is 15.6 Å². The summed E-state index contributed by atoms with van der Waals surface area (Å²) in [5.74, 6) is -0.647. The molecule has 0 bridgehead atoms. The zero-order chi connectivity index (χ0) is 15.4. The second-order valence-electron chi connectivity index (χ2n) is 4.12. The van der Waals surface area contributed by atoms with Crippen molar-refractivity contribution in [1.29, 1.82) is 0 Å². The van der Waals surface area contributed by atoms with Crippen LogP contribution in [0.2, 0.25) is 10.0 Å². The molecule has 3 nitrogen and oxygen atoms in total. The fourth-order valence-electron chi connectivity index (χ4n) is 1.53. The highest BCUT2D eigenvalue weighted by molar-refractivity contribution is 8.00. The third-order valence-electron chi connectivity index (χ3n) is 2.57. The number of anilines is 2. The van der Waals surface area contributed by atoms with Crippen LogP contribution in [0.25, 0.3) is 0 Å². The summed E-state index contributed by atoms with van der Waals surface area (Å²) < 4.78 is 13.3. The number of rotatable bonds is 4. The van der Waals surface area contributed by atoms with Gasteiger partial charge in [0.15, 0.2) is 0 Å². The number of hydrogen-bond acceptors (Lipinski definition) is 3. The first-order chi connectivity index (χ1) is 9.97. The minimum Gasteiger partial charge on any atom is -0.396 e. The highest BCUT2D eigenvalue weighted by Crippen LogP contribution is 2.30. The van der Waals surface area contributed by atoms with E-state index in [-0.39, 0.29) is 22.4 Å². The smallest absolute Gasteiger partial charge is 0.234 e. The lowest BCUT2D eigenvalue weighted by Gasteiger charge is -2.08. The van der Waals surface area contributed by atoms with Crippen LogP contribution in [0.15, 0.2) is 41.3 Å². The number of nitrogens with one attached hydrogen (secondary N) is 1. The molecule has 0 heterocycles. The maximum Gasteiger partial charge on any atom is 0.234 e. The Hall–Kier alpha value is -1.43. The molecule has 2 aromatic rings. The molecule has 0 aromatic heterocycles. The maximum atomic E-state index is 13.3. The number of amides is 1. The Kier molecular flexibility index (Phi) is 5.33. The first kappa shape index (κ1) is 15.9. The van der Waals surface area contributed by atoms with E-state index in [1.54, 1.807) is 24.3 Å². The molecule has 0 spiro atoms. The Bertz CT molecular complexity index is 682. The largest absolute Gasteiger partial charge is 0.396 e. The zero-order valence-electron chi connectivity index (χ0n) is 10.7. The number of carbonyl (C=O) groups is 1. The molecule has 0 atom stereocenters. The quantitative estimate of drug-likeness (QED) is 0.636. The maximum absolute atomic E-state index is 13.3. The normalized spacial score (nSPS) is 10.4. The van der Waals surface area contributed by atoms with Gasteiger partial charge >= 0.3 is 0 Å². The van der Waals surface area contributed by atoms with E-state index in [1.807, 2.05) is 0 Å². The highest BCUT2D eigenvalue weighted by Gasteiger charge is 2.09. The summed E-state index contributed by atoms with van der Waals surface area (Å²) in [7, 11) is 0. The van der Waals surface area contributed by atoms with E-state index in [1.165, 1.54) is 23.9 Å². The van der Waals surface area contributed by atoms with Crippen molar-refractivity contribution >= 4 is 52.2 Å². The number of carbonyl (C=O) groups excluding carboxylic acids is 1. The van der Waals surface area contributed by atoms with Gasteiger partial charge in [0.1, 0.15) is 5.82 Å². The SMILES string of the molecule is Nc1ccc(SCC(=O)Nc2cccc(Cl)c2Cl)cc1F. The molecule has 0 aliphatic heterocycles. The Morgan fingerprint density at radius 3 is 2.76 bits per heavy atom. The van der Waals surface area contributed by atoms with Crippen LogP contribution in [0.3, 0.4) is 0 Å². The number of hydrogen-bond donors (Lipinski definition) is 2. The van der Waals surface area contributed by atoms with E-state index >= 15 is 0 Å². The molecule has 21 heavy (non-hydrogen) atoms. The molecule has 0 radical (unpaired) electrons. The lowest BCUT2D eigenvalue weighted by molar-refractivity contribution is -0.113. The Morgan fingerprint density at radius 1 is 1.29 bits per heavy atom. The number of thioether (sulfide) groups is 1. The van der Waals surface area contributed by atoms with Gasteiger partial charge in [-0.3, -0.25) is 4.79 Å². The summed E-state index contributed by atoms with van der Waals surface area (Å²) in [5, 5.41) is 3.30. The van der Waals surface area contributed by atoms with Crippen molar-refractivity contribution in [3.05, 3.63) is 52.3 Å². The van der Waals surface area contributed by atoms with Crippen molar-refractivity contribution in [3.8, 4) is 0 Å². The van der Waals surface area contributed by atoms with Gasteiger partial charge in [-0.2, -0.15) is 0 Å². The van der Waals surface area contributed by atoms with Gasteiger partial charge in [-0.25, -0.2) is 4.39 Å². The molecule has 0 aliphatic rings. The third-order valence-corrected chi connectivity index (χ3v) is 4.38. The summed E-state index contributed by atoms with van der Waals surface area (Å²) in [6.07, 6.45) is 0. The molecule has 7 heteroatoms. The predicted molar refractivity (Wildman–Crippen MR) is 86.6 cm³/mol. The molecular weight excluding hydrogens is 334 g/mol. The minimum atomic E-state index is -0.502. The van der Waals surface area contributed by atoms with Crippen LogP contribution in [0, 0.1) is 5.82 Å². The fourth-order valence-corrected chi connectivity index (χ4v) is 2.60. The lowest BCUT2D eigenvalue weighted by Crippen LogP contribution is -2.14. The van der Waals surface area contributed by atoms with E-state index in [2.05, 4.69) is 5.32 Å². The van der Waals surface area contributed by atoms with Crippen molar-refractivity contribution in [1.82, 2.24) is 0 Å². The molecule has 0 fully saturated rings. The van der Waals surface area contributed by atoms with Crippen molar-refractivity contribution in [2.75, 3.05) is 16.8 Å². The van der Waals surface area contributed by atoms with Crippen molar-refractivity contribution in [3.63, 3.8) is 0 Å². The number of nitrogens with two attached hydrogens (primary N) is 1. The first-order valence-electron chi connectivity index (χ1n) is 5.89. The predicted octanol–water partition coefficient (Wildman–Crippen LogP) is 4.45. The molecular formula is C14H11Cl2FN2OS. The molecule has 2 aromatic carbocycles. The Morgan fingerprint density at radius 2 is 2.05 bits per heavy atom. The summed E-state index contributed by atoms with van der Waals surface area (Å²) in [6, 6.07) is 9.38. The van der Waals surface area contributed by atoms with Crippen LogP contribution in [-0.4, -0.2) is 11.7 Å². The molecule has 0 saturated carbocycles. The second kappa shape index (κ2) is 7.02. The summed E-state index contributed by atoms with van der Waals surface area (Å²) in [4.78, 5) is 12.5. The summed E-state index contributed by atoms with van der Waals surface area (Å²) >= 11 is 13.0.